The summed E-state index contributed by atoms with van der Waals surface area (Å²) >= 11 is 0. The van der Waals surface area contributed by atoms with E-state index in [9.17, 15) is 4.79 Å². The molecule has 0 saturated heterocycles. The van der Waals surface area contributed by atoms with Gasteiger partial charge in [0.25, 0.3) is 0 Å². The second-order valence-corrected chi connectivity index (χ2v) is 4.80. The number of hydrogen-bond donors (Lipinski definition) is 0. The summed E-state index contributed by atoms with van der Waals surface area (Å²) in [5.41, 5.74) is 0. The molecule has 0 saturated carbocycles. The summed E-state index contributed by atoms with van der Waals surface area (Å²) in [6, 6.07) is 1.93. The molecule has 18 heavy (non-hydrogen) atoms. The first kappa shape index (κ1) is 14.7. The maximum atomic E-state index is 12.5. The zero-order chi connectivity index (χ0) is 13.5. The number of carbonyl (C=O) groups excluding carboxylic acids is 1. The van der Waals surface area contributed by atoms with Crippen LogP contribution in [0.5, 0.6) is 0 Å². The second kappa shape index (κ2) is 7.19. The minimum atomic E-state index is -0.217. The summed E-state index contributed by atoms with van der Waals surface area (Å²) in [5, 5.41) is 4.15. The molecule has 1 heterocycles. The molecular weight excluding hydrogens is 226 g/mol. The van der Waals surface area contributed by atoms with Crippen molar-refractivity contribution in [1.82, 2.24) is 14.7 Å². The second-order valence-electron chi connectivity index (χ2n) is 4.80. The van der Waals surface area contributed by atoms with Crippen LogP contribution in [0.25, 0.3) is 0 Å². The highest BCUT2D eigenvalue weighted by molar-refractivity contribution is 5.80. The predicted molar refractivity (Wildman–Crippen MR) is 73.3 cm³/mol. The van der Waals surface area contributed by atoms with E-state index in [4.69, 9.17) is 0 Å². The lowest BCUT2D eigenvalue weighted by Crippen LogP contribution is -2.42. The highest BCUT2D eigenvalue weighted by atomic mass is 16.2. The summed E-state index contributed by atoms with van der Waals surface area (Å²) < 4.78 is 1.73. The average Bonchev–Trinajstić information content (AvgIpc) is 2.91. The lowest BCUT2D eigenvalue weighted by molar-refractivity contribution is -0.136. The molecule has 1 aromatic rings. The summed E-state index contributed by atoms with van der Waals surface area (Å²) in [5.74, 6) is 0.168. The Balaban J connectivity index is 2.74. The van der Waals surface area contributed by atoms with E-state index in [1.54, 1.807) is 10.9 Å². The van der Waals surface area contributed by atoms with Crippen molar-refractivity contribution in [2.24, 2.45) is 0 Å². The number of rotatable bonds is 7. The zero-order valence-corrected chi connectivity index (χ0v) is 12.0. The number of hydrogen-bond acceptors (Lipinski definition) is 2. The van der Waals surface area contributed by atoms with E-state index in [0.29, 0.717) is 6.04 Å². The maximum Gasteiger partial charge on any atom is 0.247 e. The third-order valence-corrected chi connectivity index (χ3v) is 3.44. The van der Waals surface area contributed by atoms with Gasteiger partial charge >= 0.3 is 0 Å². The fourth-order valence-electron chi connectivity index (χ4n) is 1.96. The molecule has 0 fully saturated rings. The maximum absolute atomic E-state index is 12.5. The van der Waals surface area contributed by atoms with Gasteiger partial charge in [-0.15, -0.1) is 0 Å². The van der Waals surface area contributed by atoms with Crippen LogP contribution < -0.4 is 0 Å². The summed E-state index contributed by atoms with van der Waals surface area (Å²) in [7, 11) is 0. The summed E-state index contributed by atoms with van der Waals surface area (Å²) in [4.78, 5) is 14.5. The van der Waals surface area contributed by atoms with Crippen molar-refractivity contribution in [3.63, 3.8) is 0 Å². The van der Waals surface area contributed by atoms with Crippen molar-refractivity contribution in [2.75, 3.05) is 6.54 Å². The topological polar surface area (TPSA) is 38.1 Å². The number of unbranched alkanes of at least 4 members (excludes halogenated alkanes) is 1. The molecule has 0 spiro atoms. The Labute approximate surface area is 110 Å². The first-order chi connectivity index (χ1) is 8.61. The normalized spacial score (nSPS) is 14.2. The van der Waals surface area contributed by atoms with Crippen molar-refractivity contribution in [1.29, 1.82) is 0 Å². The van der Waals surface area contributed by atoms with E-state index in [2.05, 4.69) is 25.9 Å². The van der Waals surface area contributed by atoms with Gasteiger partial charge in [-0.25, -0.2) is 0 Å². The van der Waals surface area contributed by atoms with E-state index in [1.165, 1.54) is 0 Å². The van der Waals surface area contributed by atoms with Gasteiger partial charge in [0.05, 0.1) is 0 Å². The molecule has 0 bridgehead atoms. The Hall–Kier alpha value is -1.32. The Morgan fingerprint density at radius 3 is 2.61 bits per heavy atom. The smallest absolute Gasteiger partial charge is 0.247 e. The van der Waals surface area contributed by atoms with Crippen LogP contribution in [0.15, 0.2) is 18.5 Å². The van der Waals surface area contributed by atoms with Gasteiger partial charge in [-0.2, -0.15) is 5.10 Å². The SMILES string of the molecule is CCCCN(C(=O)C(C)n1cccn1)C(C)CC. The quantitative estimate of drug-likeness (QED) is 0.747. The largest absolute Gasteiger partial charge is 0.338 e. The monoisotopic (exact) mass is 251 g/mol. The van der Waals surface area contributed by atoms with Gasteiger partial charge in [0.1, 0.15) is 6.04 Å². The van der Waals surface area contributed by atoms with E-state index in [1.807, 2.05) is 24.1 Å². The minimum Gasteiger partial charge on any atom is -0.338 e. The molecule has 4 nitrogen and oxygen atoms in total. The predicted octanol–water partition coefficient (Wildman–Crippen LogP) is 2.87. The molecule has 102 valence electrons. The van der Waals surface area contributed by atoms with Crippen LogP contribution in [0.2, 0.25) is 0 Å². The molecule has 1 rings (SSSR count). The van der Waals surface area contributed by atoms with Gasteiger partial charge in [0.15, 0.2) is 0 Å². The number of amides is 1. The van der Waals surface area contributed by atoms with E-state index >= 15 is 0 Å². The van der Waals surface area contributed by atoms with Crippen molar-refractivity contribution in [2.45, 2.75) is 59.0 Å². The van der Waals surface area contributed by atoms with Crippen LogP contribution in [0, 0.1) is 0 Å². The number of aromatic nitrogens is 2. The molecule has 1 aromatic heterocycles. The standard InChI is InChI=1S/C14H25N3O/c1-5-7-10-16(12(3)6-2)14(18)13(4)17-11-8-9-15-17/h8-9,11-13H,5-7,10H2,1-4H3. The fourth-order valence-corrected chi connectivity index (χ4v) is 1.96. The van der Waals surface area contributed by atoms with Crippen LogP contribution in [-0.4, -0.2) is 33.2 Å². The van der Waals surface area contributed by atoms with Crippen LogP contribution >= 0.6 is 0 Å². The molecule has 4 heteroatoms. The van der Waals surface area contributed by atoms with Crippen molar-refractivity contribution in [3.05, 3.63) is 18.5 Å². The molecule has 2 unspecified atom stereocenters. The molecular formula is C14H25N3O. The molecule has 0 aliphatic rings. The third kappa shape index (κ3) is 3.59. The van der Waals surface area contributed by atoms with Crippen molar-refractivity contribution >= 4 is 5.91 Å². The highest BCUT2D eigenvalue weighted by Gasteiger charge is 2.24. The first-order valence-corrected chi connectivity index (χ1v) is 6.91. The lowest BCUT2D eigenvalue weighted by atomic mass is 10.1. The zero-order valence-electron chi connectivity index (χ0n) is 12.0. The molecule has 0 radical (unpaired) electrons. The van der Waals surface area contributed by atoms with Crippen LogP contribution in [0.1, 0.15) is 53.0 Å². The molecule has 0 aliphatic carbocycles. The lowest BCUT2D eigenvalue weighted by Gasteiger charge is -2.31. The molecule has 0 aliphatic heterocycles. The molecule has 0 N–H and O–H groups in total. The first-order valence-electron chi connectivity index (χ1n) is 6.91. The van der Waals surface area contributed by atoms with Crippen LogP contribution in [0.3, 0.4) is 0 Å². The average molecular weight is 251 g/mol. The molecule has 2 atom stereocenters. The Kier molecular flexibility index (Phi) is 5.89. The van der Waals surface area contributed by atoms with Gasteiger partial charge in [0.2, 0.25) is 5.91 Å². The Morgan fingerprint density at radius 2 is 2.11 bits per heavy atom. The van der Waals surface area contributed by atoms with Gasteiger partial charge in [-0.05, 0) is 32.8 Å². The van der Waals surface area contributed by atoms with E-state index in [-0.39, 0.29) is 11.9 Å². The van der Waals surface area contributed by atoms with Gasteiger partial charge in [0, 0.05) is 25.0 Å². The Morgan fingerprint density at radius 1 is 1.39 bits per heavy atom. The molecule has 0 aromatic carbocycles. The van der Waals surface area contributed by atoms with Crippen molar-refractivity contribution in [3.8, 4) is 0 Å². The van der Waals surface area contributed by atoms with E-state index < -0.39 is 0 Å². The van der Waals surface area contributed by atoms with Gasteiger partial charge in [-0.1, -0.05) is 20.3 Å². The Bertz CT molecular complexity index is 348. The van der Waals surface area contributed by atoms with Crippen LogP contribution in [-0.2, 0) is 4.79 Å². The summed E-state index contributed by atoms with van der Waals surface area (Å²) in [6.07, 6.45) is 6.71. The molecule has 1 amide bonds. The number of nitrogens with zero attached hydrogens (tertiary/aromatic N) is 3. The van der Waals surface area contributed by atoms with Crippen molar-refractivity contribution < 1.29 is 4.79 Å². The summed E-state index contributed by atoms with van der Waals surface area (Å²) in [6.45, 7) is 9.14. The third-order valence-electron chi connectivity index (χ3n) is 3.44. The van der Waals surface area contributed by atoms with Gasteiger partial charge < -0.3 is 4.90 Å². The van der Waals surface area contributed by atoms with E-state index in [0.717, 1.165) is 25.8 Å². The van der Waals surface area contributed by atoms with Crippen LogP contribution in [0.4, 0.5) is 0 Å². The fraction of sp³-hybridized carbons (Fsp3) is 0.714. The number of carbonyl (C=O) groups is 1. The van der Waals surface area contributed by atoms with Gasteiger partial charge in [-0.3, -0.25) is 9.48 Å². The highest BCUT2D eigenvalue weighted by Crippen LogP contribution is 2.14. The minimum absolute atomic E-state index is 0.168.